The largest absolute Gasteiger partial charge is 0.391 e. The van der Waals surface area contributed by atoms with E-state index in [0.29, 0.717) is 0 Å². The minimum absolute atomic E-state index is 0.226. The summed E-state index contributed by atoms with van der Waals surface area (Å²) in [5, 5.41) is 8.40. The number of alkyl halides is 4. The molecule has 0 aromatic rings. The average Bonchev–Trinajstić information content (AvgIpc) is 1.83. The highest BCUT2D eigenvalue weighted by molar-refractivity contribution is 6.47. The summed E-state index contributed by atoms with van der Waals surface area (Å²) < 4.78 is -0.556. The van der Waals surface area contributed by atoms with Crippen molar-refractivity contribution in [2.24, 2.45) is 0 Å². The Morgan fingerprint density at radius 3 is 1.36 bits per heavy atom. The van der Waals surface area contributed by atoms with Crippen LogP contribution in [0.1, 0.15) is 13.8 Å². The van der Waals surface area contributed by atoms with Crippen LogP contribution in [0.4, 0.5) is 0 Å². The van der Waals surface area contributed by atoms with Crippen LogP contribution < -0.4 is 0 Å². The number of aliphatic hydroxyl groups excluding tert-OH is 1. The Hall–Kier alpha value is 1.12. The first-order valence-electron chi connectivity index (χ1n) is 2.99. The van der Waals surface area contributed by atoms with Gasteiger partial charge in [-0.15, -0.1) is 46.4 Å². The third kappa shape index (κ3) is 35.3. The Morgan fingerprint density at radius 1 is 1.18 bits per heavy atom. The fraction of sp³-hybridized carbons (Fsp3) is 1.00. The summed E-state index contributed by atoms with van der Waals surface area (Å²) in [6, 6.07) is 0. The van der Waals surface area contributed by atoms with Crippen LogP contribution in [-0.4, -0.2) is 27.3 Å². The normalized spacial score (nSPS) is 10.9. The molecular formula is C6H12Cl4O. The predicted molar refractivity (Wildman–Crippen MR) is 53.2 cm³/mol. The summed E-state index contributed by atoms with van der Waals surface area (Å²) in [5.74, 6) is 0.451. The molecule has 0 bridgehead atoms. The highest BCUT2D eigenvalue weighted by atomic mass is 35.5. The highest BCUT2D eigenvalue weighted by Crippen LogP contribution is 2.16. The zero-order valence-corrected chi connectivity index (χ0v) is 9.47. The second-order valence-electron chi connectivity index (χ2n) is 2.29. The number of aliphatic hydroxyl groups is 1. The van der Waals surface area contributed by atoms with E-state index in [1.54, 1.807) is 13.8 Å². The van der Waals surface area contributed by atoms with E-state index in [-0.39, 0.29) is 11.8 Å². The van der Waals surface area contributed by atoms with E-state index in [9.17, 15) is 0 Å². The molecule has 0 heterocycles. The van der Waals surface area contributed by atoms with Gasteiger partial charge < -0.3 is 5.11 Å². The first-order chi connectivity index (χ1) is 4.81. The molecule has 11 heavy (non-hydrogen) atoms. The van der Waals surface area contributed by atoms with Crippen LogP contribution in [0.5, 0.6) is 0 Å². The van der Waals surface area contributed by atoms with Gasteiger partial charge in [0.2, 0.25) is 0 Å². The molecule has 5 heteroatoms. The summed E-state index contributed by atoms with van der Waals surface area (Å²) in [4.78, 5) is 0. The third-order valence-corrected chi connectivity index (χ3v) is 1.07. The average molecular weight is 242 g/mol. The standard InChI is InChI=1S/C3H6Cl2O.C3H6Cl2/c4-1-3(6)2-5;1-3(2,4)5/h3,6H,1-2H2;1-2H3. The van der Waals surface area contributed by atoms with Crippen molar-refractivity contribution in [3.05, 3.63) is 0 Å². The zero-order valence-electron chi connectivity index (χ0n) is 6.45. The van der Waals surface area contributed by atoms with Crippen molar-refractivity contribution < 1.29 is 5.11 Å². The van der Waals surface area contributed by atoms with Crippen molar-refractivity contribution >= 4 is 46.4 Å². The first-order valence-corrected chi connectivity index (χ1v) is 4.81. The summed E-state index contributed by atoms with van der Waals surface area (Å²) in [6.45, 7) is 3.44. The molecule has 0 rings (SSSR count). The molecule has 0 radical (unpaired) electrons. The lowest BCUT2D eigenvalue weighted by Gasteiger charge is -1.98. The van der Waals surface area contributed by atoms with Gasteiger partial charge in [0.15, 0.2) is 0 Å². The lowest BCUT2D eigenvalue weighted by Crippen LogP contribution is -2.08. The van der Waals surface area contributed by atoms with E-state index < -0.39 is 10.4 Å². The van der Waals surface area contributed by atoms with Crippen molar-refractivity contribution in [3.8, 4) is 0 Å². The fourth-order valence-corrected chi connectivity index (χ4v) is 0.371. The molecule has 0 saturated carbocycles. The Kier molecular flexibility index (Phi) is 10.3. The van der Waals surface area contributed by atoms with Gasteiger partial charge in [-0.2, -0.15) is 0 Å². The molecule has 1 N–H and O–H groups in total. The second kappa shape index (κ2) is 7.75. The zero-order chi connectivity index (χ0) is 9.49. The molecule has 0 spiro atoms. The van der Waals surface area contributed by atoms with Crippen molar-refractivity contribution in [1.82, 2.24) is 0 Å². The molecule has 0 aliphatic carbocycles. The van der Waals surface area contributed by atoms with Crippen LogP contribution in [0.25, 0.3) is 0 Å². The van der Waals surface area contributed by atoms with E-state index in [0.717, 1.165) is 0 Å². The van der Waals surface area contributed by atoms with Crippen molar-refractivity contribution in [2.75, 3.05) is 11.8 Å². The molecule has 0 aliphatic rings. The van der Waals surface area contributed by atoms with Gasteiger partial charge in [-0.1, -0.05) is 0 Å². The summed E-state index contributed by atoms with van der Waals surface area (Å²) in [7, 11) is 0. The molecule has 0 saturated heterocycles. The molecule has 0 atom stereocenters. The predicted octanol–water partition coefficient (Wildman–Crippen LogP) is 3.03. The third-order valence-electron chi connectivity index (χ3n) is 0.356. The van der Waals surface area contributed by atoms with Gasteiger partial charge in [-0.05, 0) is 13.8 Å². The second-order valence-corrected chi connectivity index (χ2v) is 4.99. The van der Waals surface area contributed by atoms with Gasteiger partial charge >= 0.3 is 0 Å². The van der Waals surface area contributed by atoms with Crippen molar-refractivity contribution in [3.63, 3.8) is 0 Å². The van der Waals surface area contributed by atoms with Crippen molar-refractivity contribution in [1.29, 1.82) is 0 Å². The van der Waals surface area contributed by atoms with Gasteiger partial charge in [-0.25, -0.2) is 0 Å². The minimum Gasteiger partial charge on any atom is -0.391 e. The molecule has 70 valence electrons. The van der Waals surface area contributed by atoms with E-state index >= 15 is 0 Å². The molecular weight excluding hydrogens is 230 g/mol. The maximum absolute atomic E-state index is 8.40. The van der Waals surface area contributed by atoms with Gasteiger partial charge in [-0.3, -0.25) is 0 Å². The molecule has 0 amide bonds. The lowest BCUT2D eigenvalue weighted by molar-refractivity contribution is 0.222. The lowest BCUT2D eigenvalue weighted by atomic mass is 10.5. The number of hydrogen-bond donors (Lipinski definition) is 1. The van der Waals surface area contributed by atoms with Gasteiger partial charge in [0.25, 0.3) is 0 Å². The van der Waals surface area contributed by atoms with Gasteiger partial charge in [0, 0.05) is 11.8 Å². The van der Waals surface area contributed by atoms with Crippen LogP contribution in [-0.2, 0) is 0 Å². The number of rotatable bonds is 2. The quantitative estimate of drug-likeness (QED) is 0.738. The smallest absolute Gasteiger partial charge is 0.112 e. The number of halogens is 4. The molecule has 0 aromatic carbocycles. The topological polar surface area (TPSA) is 20.2 Å². The molecule has 0 aliphatic heterocycles. The molecule has 1 nitrogen and oxygen atoms in total. The molecule has 0 aromatic heterocycles. The maximum Gasteiger partial charge on any atom is 0.112 e. The first kappa shape index (κ1) is 14.6. The van der Waals surface area contributed by atoms with Crippen LogP contribution in [0.2, 0.25) is 0 Å². The Bertz CT molecular complexity index is 71.1. The van der Waals surface area contributed by atoms with E-state index in [1.807, 2.05) is 0 Å². The van der Waals surface area contributed by atoms with E-state index in [1.165, 1.54) is 0 Å². The van der Waals surface area contributed by atoms with Gasteiger partial charge in [0.05, 0.1) is 6.10 Å². The SMILES string of the molecule is CC(C)(Cl)Cl.OC(CCl)CCl. The maximum atomic E-state index is 8.40. The van der Waals surface area contributed by atoms with E-state index in [2.05, 4.69) is 0 Å². The minimum atomic E-state index is -0.556. The Labute approximate surface area is 87.6 Å². The van der Waals surface area contributed by atoms with Gasteiger partial charge in [0.1, 0.15) is 4.33 Å². The summed E-state index contributed by atoms with van der Waals surface area (Å²) >= 11 is 20.8. The van der Waals surface area contributed by atoms with Crippen molar-refractivity contribution in [2.45, 2.75) is 24.3 Å². The highest BCUT2D eigenvalue weighted by Gasteiger charge is 2.03. The van der Waals surface area contributed by atoms with Crippen LogP contribution in [0.3, 0.4) is 0 Å². The van der Waals surface area contributed by atoms with Crippen LogP contribution >= 0.6 is 46.4 Å². The summed E-state index contributed by atoms with van der Waals surface area (Å²) in [5.41, 5.74) is 0. The number of hydrogen-bond acceptors (Lipinski definition) is 1. The Balaban J connectivity index is 0. The van der Waals surface area contributed by atoms with E-state index in [4.69, 9.17) is 51.5 Å². The fourth-order valence-electron chi connectivity index (χ4n) is 0.0412. The van der Waals surface area contributed by atoms with Crippen LogP contribution in [0, 0.1) is 0 Å². The van der Waals surface area contributed by atoms with Crippen LogP contribution in [0.15, 0.2) is 0 Å². The monoisotopic (exact) mass is 240 g/mol. The molecule has 0 unspecified atom stereocenters. The molecule has 0 fully saturated rings. The summed E-state index contributed by atoms with van der Waals surface area (Å²) in [6.07, 6.45) is -0.534. The Morgan fingerprint density at radius 2 is 1.36 bits per heavy atom.